The van der Waals surface area contributed by atoms with Crippen LogP contribution in [0.1, 0.15) is 44.6 Å². The van der Waals surface area contributed by atoms with E-state index in [-0.39, 0.29) is 5.84 Å². The van der Waals surface area contributed by atoms with Crippen molar-refractivity contribution in [1.82, 2.24) is 15.3 Å². The highest BCUT2D eigenvalue weighted by Gasteiger charge is 2.38. The molecule has 0 aliphatic carbocycles. The molecule has 1 aromatic carbocycles. The van der Waals surface area contributed by atoms with E-state index in [1.807, 2.05) is 0 Å². The molecule has 0 bridgehead atoms. The van der Waals surface area contributed by atoms with E-state index in [0.717, 1.165) is 0 Å². The highest BCUT2D eigenvalue weighted by molar-refractivity contribution is 6.04. The molecule has 8 heteroatoms. The van der Waals surface area contributed by atoms with E-state index in [2.05, 4.69) is 20.3 Å². The standard InChI is InChI=1S/C19H22FN5O2/c1-18(2,3)27-17(26)24-16-15-14(22-7-8-23-15)10-19(4,25-16)12-9-11(21)5-6-13(12)20/h5-9H,10,21H2,1-4H3,(H,24,25,26). The smallest absolute Gasteiger partial charge is 0.436 e. The molecule has 0 saturated carbocycles. The molecule has 1 unspecified atom stereocenters. The molecular formula is C19H22FN5O2. The number of rotatable bonds is 1. The Morgan fingerprint density at radius 3 is 2.74 bits per heavy atom. The molecule has 3 N–H and O–H groups in total. The number of nitrogens with zero attached hydrogens (tertiary/aromatic N) is 3. The van der Waals surface area contributed by atoms with Crippen LogP contribution in [0.4, 0.5) is 14.9 Å². The van der Waals surface area contributed by atoms with Gasteiger partial charge in [0.2, 0.25) is 0 Å². The fraction of sp³-hybridized carbons (Fsp3) is 0.368. The van der Waals surface area contributed by atoms with Crippen molar-refractivity contribution in [2.45, 2.75) is 45.3 Å². The second-order valence-corrected chi connectivity index (χ2v) is 7.67. The number of hydrogen-bond acceptors (Lipinski definition) is 5. The van der Waals surface area contributed by atoms with Crippen LogP contribution in [0.5, 0.6) is 0 Å². The molecule has 1 amide bonds. The predicted octanol–water partition coefficient (Wildman–Crippen LogP) is 2.94. The maximum Gasteiger partial charge on any atom is 0.436 e. The molecule has 2 heterocycles. The summed E-state index contributed by atoms with van der Waals surface area (Å²) >= 11 is 0. The Hall–Kier alpha value is -3.03. The maximum absolute atomic E-state index is 14.5. The first-order chi connectivity index (χ1) is 12.6. The van der Waals surface area contributed by atoms with Crippen LogP contribution in [0.3, 0.4) is 0 Å². The molecule has 27 heavy (non-hydrogen) atoms. The van der Waals surface area contributed by atoms with Crippen molar-refractivity contribution in [3.05, 3.63) is 53.4 Å². The number of benzene rings is 1. The highest BCUT2D eigenvalue weighted by Crippen LogP contribution is 2.32. The summed E-state index contributed by atoms with van der Waals surface area (Å²) in [6.07, 6.45) is 2.64. The van der Waals surface area contributed by atoms with Crippen molar-refractivity contribution in [3.8, 4) is 0 Å². The molecular weight excluding hydrogens is 349 g/mol. The van der Waals surface area contributed by atoms with Crippen molar-refractivity contribution in [1.29, 1.82) is 0 Å². The average molecular weight is 371 g/mol. The van der Waals surface area contributed by atoms with Gasteiger partial charge in [0, 0.05) is 30.1 Å². The summed E-state index contributed by atoms with van der Waals surface area (Å²) in [7, 11) is 0. The van der Waals surface area contributed by atoms with Crippen molar-refractivity contribution < 1.29 is 13.9 Å². The molecule has 1 atom stereocenters. The van der Waals surface area contributed by atoms with Gasteiger partial charge in [-0.2, -0.15) is 4.99 Å². The van der Waals surface area contributed by atoms with Gasteiger partial charge in [0.25, 0.3) is 0 Å². The zero-order valence-corrected chi connectivity index (χ0v) is 15.7. The summed E-state index contributed by atoms with van der Waals surface area (Å²) in [5.41, 5.74) is 6.07. The number of aliphatic imine (C=N–C) groups is 1. The number of amides is 1. The molecule has 0 fully saturated rings. The Bertz CT molecular complexity index is 923. The molecule has 0 spiro atoms. The predicted molar refractivity (Wildman–Crippen MR) is 99.8 cm³/mol. The molecule has 7 nitrogen and oxygen atoms in total. The molecule has 0 radical (unpaired) electrons. The van der Waals surface area contributed by atoms with Gasteiger partial charge in [-0.1, -0.05) is 0 Å². The van der Waals surface area contributed by atoms with Gasteiger partial charge >= 0.3 is 6.09 Å². The van der Waals surface area contributed by atoms with Crippen LogP contribution >= 0.6 is 0 Å². The zero-order chi connectivity index (χ0) is 19.8. The van der Waals surface area contributed by atoms with Crippen LogP contribution in [0.2, 0.25) is 0 Å². The summed E-state index contributed by atoms with van der Waals surface area (Å²) < 4.78 is 19.8. The van der Waals surface area contributed by atoms with E-state index in [0.29, 0.717) is 29.1 Å². The number of nitrogen functional groups attached to an aromatic ring is 1. The zero-order valence-electron chi connectivity index (χ0n) is 15.7. The van der Waals surface area contributed by atoms with Gasteiger partial charge < -0.3 is 15.8 Å². The number of hydrogen-bond donors (Lipinski definition) is 2. The van der Waals surface area contributed by atoms with Gasteiger partial charge in [0.05, 0.1) is 11.2 Å². The lowest BCUT2D eigenvalue weighted by atomic mass is 9.83. The van der Waals surface area contributed by atoms with Crippen LogP contribution in [0.15, 0.2) is 35.6 Å². The number of nitrogens with one attached hydrogen (secondary N) is 1. The molecule has 1 aromatic heterocycles. The number of nitrogens with two attached hydrogens (primary N) is 1. The molecule has 0 saturated heterocycles. The van der Waals surface area contributed by atoms with Crippen LogP contribution in [0, 0.1) is 5.82 Å². The van der Waals surface area contributed by atoms with E-state index in [1.165, 1.54) is 18.3 Å². The minimum atomic E-state index is -0.913. The van der Waals surface area contributed by atoms with Crippen molar-refractivity contribution in [3.63, 3.8) is 0 Å². The SMILES string of the molecule is CC(C)(C)OC(=O)/N=C1\NC(C)(c2cc(N)ccc2F)Cc2nccnc21. The fourth-order valence-corrected chi connectivity index (χ4v) is 2.98. The van der Waals surface area contributed by atoms with E-state index >= 15 is 0 Å². The molecule has 2 aromatic rings. The molecule has 3 rings (SSSR count). The minimum absolute atomic E-state index is 0.183. The Morgan fingerprint density at radius 2 is 2.04 bits per heavy atom. The Labute approximate surface area is 156 Å². The van der Waals surface area contributed by atoms with E-state index in [9.17, 15) is 9.18 Å². The number of ether oxygens (including phenoxy) is 1. The second-order valence-electron chi connectivity index (χ2n) is 7.67. The maximum atomic E-state index is 14.5. The highest BCUT2D eigenvalue weighted by atomic mass is 19.1. The number of fused-ring (bicyclic) bond motifs is 1. The number of amidine groups is 1. The van der Waals surface area contributed by atoms with Crippen LogP contribution in [0.25, 0.3) is 0 Å². The Morgan fingerprint density at radius 1 is 1.33 bits per heavy atom. The number of aromatic nitrogens is 2. The lowest BCUT2D eigenvalue weighted by molar-refractivity contribution is 0.0603. The normalized spacial score (nSPS) is 20.7. The summed E-state index contributed by atoms with van der Waals surface area (Å²) in [6, 6.07) is 4.37. The van der Waals surface area contributed by atoms with Gasteiger partial charge in [-0.15, -0.1) is 0 Å². The summed E-state index contributed by atoms with van der Waals surface area (Å²) in [4.78, 5) is 24.8. The lowest BCUT2D eigenvalue weighted by Gasteiger charge is -2.37. The first-order valence-electron chi connectivity index (χ1n) is 8.53. The number of carbonyl (C=O) groups excluding carboxylic acids is 1. The van der Waals surface area contributed by atoms with Crippen molar-refractivity contribution >= 4 is 17.6 Å². The Balaban J connectivity index is 2.07. The topological polar surface area (TPSA) is 102 Å². The van der Waals surface area contributed by atoms with Crippen LogP contribution in [-0.2, 0) is 16.7 Å². The number of carbonyl (C=O) groups is 1. The quantitative estimate of drug-likeness (QED) is 0.747. The number of halogens is 1. The van der Waals surface area contributed by atoms with Gasteiger partial charge in [-0.3, -0.25) is 4.98 Å². The van der Waals surface area contributed by atoms with Gasteiger partial charge in [0.1, 0.15) is 17.1 Å². The monoisotopic (exact) mass is 371 g/mol. The minimum Gasteiger partial charge on any atom is -0.442 e. The largest absolute Gasteiger partial charge is 0.442 e. The number of anilines is 1. The van der Waals surface area contributed by atoms with Gasteiger partial charge in [-0.05, 0) is 45.9 Å². The summed E-state index contributed by atoms with van der Waals surface area (Å²) in [5, 5.41) is 3.14. The van der Waals surface area contributed by atoms with E-state index in [4.69, 9.17) is 10.5 Å². The third kappa shape index (κ3) is 4.05. The van der Waals surface area contributed by atoms with Crippen LogP contribution in [-0.4, -0.2) is 27.5 Å². The molecule has 1 aliphatic rings. The van der Waals surface area contributed by atoms with E-state index in [1.54, 1.807) is 40.0 Å². The van der Waals surface area contributed by atoms with Crippen molar-refractivity contribution in [2.24, 2.45) is 4.99 Å². The third-order valence-corrected chi connectivity index (χ3v) is 4.10. The van der Waals surface area contributed by atoms with Gasteiger partial charge in [-0.25, -0.2) is 14.2 Å². The van der Waals surface area contributed by atoms with E-state index < -0.39 is 23.1 Å². The summed E-state index contributed by atoms with van der Waals surface area (Å²) in [6.45, 7) is 7.05. The lowest BCUT2D eigenvalue weighted by Crippen LogP contribution is -2.51. The third-order valence-electron chi connectivity index (χ3n) is 4.10. The molecule has 142 valence electrons. The first-order valence-corrected chi connectivity index (χ1v) is 8.53. The average Bonchev–Trinajstić information content (AvgIpc) is 2.55. The second kappa shape index (κ2) is 6.61. The van der Waals surface area contributed by atoms with Crippen LogP contribution < -0.4 is 11.1 Å². The fourth-order valence-electron chi connectivity index (χ4n) is 2.98. The van der Waals surface area contributed by atoms with Gasteiger partial charge in [0.15, 0.2) is 5.84 Å². The Kier molecular flexibility index (Phi) is 4.59. The van der Waals surface area contributed by atoms with Crippen molar-refractivity contribution in [2.75, 3.05) is 5.73 Å². The molecule has 1 aliphatic heterocycles. The summed E-state index contributed by atoms with van der Waals surface area (Å²) in [5.74, 6) is -0.230. The first kappa shape index (κ1) is 18.8.